The Morgan fingerprint density at radius 1 is 1.40 bits per heavy atom. The summed E-state index contributed by atoms with van der Waals surface area (Å²) in [5, 5.41) is 18.8. The molecule has 0 fully saturated rings. The average Bonchev–Trinajstić information content (AvgIpc) is 2.47. The van der Waals surface area contributed by atoms with E-state index >= 15 is 0 Å². The van der Waals surface area contributed by atoms with Gasteiger partial charge in [0.05, 0.1) is 0 Å². The van der Waals surface area contributed by atoms with Crippen molar-refractivity contribution in [3.8, 4) is 11.8 Å². The number of aromatic nitrogens is 2. The number of benzene rings is 1. The van der Waals surface area contributed by atoms with Gasteiger partial charge in [-0.3, -0.25) is 4.79 Å². The Morgan fingerprint density at radius 3 is 2.90 bits per heavy atom. The molecule has 0 radical (unpaired) electrons. The molecule has 5 heteroatoms. The van der Waals surface area contributed by atoms with Crippen molar-refractivity contribution < 1.29 is 9.90 Å². The summed E-state index contributed by atoms with van der Waals surface area (Å²) in [5.74, 6) is 5.55. The molecule has 1 heterocycles. The molecule has 0 aliphatic rings. The molecule has 0 unspecified atom stereocenters. The second kappa shape index (κ2) is 6.45. The van der Waals surface area contributed by atoms with Gasteiger partial charge in [-0.05, 0) is 42.8 Å². The number of hydrogen-bond acceptors (Lipinski definition) is 4. The van der Waals surface area contributed by atoms with Crippen molar-refractivity contribution in [2.45, 2.75) is 6.92 Å². The molecular weight excluding hydrogens is 254 g/mol. The monoisotopic (exact) mass is 267 g/mol. The first-order valence-corrected chi connectivity index (χ1v) is 6.00. The molecule has 0 atom stereocenters. The van der Waals surface area contributed by atoms with Gasteiger partial charge in [0.15, 0.2) is 5.82 Å². The Morgan fingerprint density at radius 2 is 2.25 bits per heavy atom. The van der Waals surface area contributed by atoms with Gasteiger partial charge in [0.2, 0.25) is 0 Å². The molecule has 2 N–H and O–H groups in total. The third-order valence-electron chi connectivity index (χ3n) is 2.60. The summed E-state index contributed by atoms with van der Waals surface area (Å²) in [7, 11) is 0. The number of aliphatic hydroxyl groups excluding tert-OH is 1. The zero-order chi connectivity index (χ0) is 14.4. The van der Waals surface area contributed by atoms with Gasteiger partial charge < -0.3 is 10.4 Å². The van der Waals surface area contributed by atoms with E-state index in [1.807, 2.05) is 6.92 Å². The van der Waals surface area contributed by atoms with Crippen LogP contribution in [-0.4, -0.2) is 27.8 Å². The van der Waals surface area contributed by atoms with Gasteiger partial charge in [-0.25, -0.2) is 0 Å². The maximum absolute atomic E-state index is 12.0. The second-order valence-electron chi connectivity index (χ2n) is 4.05. The molecule has 2 aromatic rings. The van der Waals surface area contributed by atoms with Crippen molar-refractivity contribution in [2.75, 3.05) is 11.9 Å². The van der Waals surface area contributed by atoms with Gasteiger partial charge in [-0.2, -0.15) is 5.10 Å². The summed E-state index contributed by atoms with van der Waals surface area (Å²) in [6.07, 6.45) is 1.54. The first-order valence-electron chi connectivity index (χ1n) is 6.00. The third kappa shape index (κ3) is 3.40. The van der Waals surface area contributed by atoms with Gasteiger partial charge in [0.1, 0.15) is 6.61 Å². The molecule has 2 rings (SSSR count). The van der Waals surface area contributed by atoms with E-state index in [4.69, 9.17) is 5.11 Å². The van der Waals surface area contributed by atoms with Gasteiger partial charge in [-0.1, -0.05) is 11.8 Å². The maximum Gasteiger partial charge on any atom is 0.256 e. The van der Waals surface area contributed by atoms with E-state index in [2.05, 4.69) is 27.4 Å². The van der Waals surface area contributed by atoms with Crippen molar-refractivity contribution in [1.82, 2.24) is 10.2 Å². The molecule has 1 amide bonds. The maximum atomic E-state index is 12.0. The van der Waals surface area contributed by atoms with Crippen molar-refractivity contribution in [3.63, 3.8) is 0 Å². The molecule has 20 heavy (non-hydrogen) atoms. The number of amides is 1. The van der Waals surface area contributed by atoms with Gasteiger partial charge in [-0.15, -0.1) is 5.10 Å². The van der Waals surface area contributed by atoms with Crippen LogP contribution in [0.25, 0.3) is 0 Å². The number of anilines is 1. The largest absolute Gasteiger partial charge is 0.384 e. The van der Waals surface area contributed by atoms with E-state index in [0.717, 1.165) is 11.1 Å². The topological polar surface area (TPSA) is 75.1 Å². The van der Waals surface area contributed by atoms with Crippen molar-refractivity contribution in [2.24, 2.45) is 0 Å². The Bertz CT molecular complexity index is 673. The zero-order valence-electron chi connectivity index (χ0n) is 10.9. The average molecular weight is 267 g/mol. The predicted molar refractivity (Wildman–Crippen MR) is 75.1 cm³/mol. The molecule has 1 aromatic heterocycles. The van der Waals surface area contributed by atoms with E-state index in [0.29, 0.717) is 11.4 Å². The molecule has 0 bridgehead atoms. The Hall–Kier alpha value is -2.71. The summed E-state index contributed by atoms with van der Waals surface area (Å²) < 4.78 is 0. The first-order chi connectivity index (χ1) is 9.70. The lowest BCUT2D eigenvalue weighted by atomic mass is 10.0. The van der Waals surface area contributed by atoms with Gasteiger partial charge >= 0.3 is 0 Å². The number of aryl methyl sites for hydroxylation is 1. The number of hydrogen-bond donors (Lipinski definition) is 2. The summed E-state index contributed by atoms with van der Waals surface area (Å²) >= 11 is 0. The SMILES string of the molecule is Cc1cc(C(=O)Nc2cccnn2)ccc1C#CCO. The van der Waals surface area contributed by atoms with Crippen LogP contribution in [0, 0.1) is 18.8 Å². The summed E-state index contributed by atoms with van der Waals surface area (Å²) in [4.78, 5) is 12.0. The van der Waals surface area contributed by atoms with Crippen LogP contribution in [0.5, 0.6) is 0 Å². The lowest BCUT2D eigenvalue weighted by molar-refractivity contribution is 0.102. The number of carbonyl (C=O) groups is 1. The number of aliphatic hydroxyl groups is 1. The van der Waals surface area contributed by atoms with Crippen molar-refractivity contribution in [1.29, 1.82) is 0 Å². The molecule has 0 saturated heterocycles. The number of nitrogens with one attached hydrogen (secondary N) is 1. The Balaban J connectivity index is 2.17. The predicted octanol–water partition coefficient (Wildman–Crippen LogP) is 1.38. The number of carbonyl (C=O) groups excluding carboxylic acids is 1. The fourth-order valence-electron chi connectivity index (χ4n) is 1.64. The van der Waals surface area contributed by atoms with Crippen LogP contribution in [0.2, 0.25) is 0 Å². The van der Waals surface area contributed by atoms with E-state index < -0.39 is 0 Å². The van der Waals surface area contributed by atoms with Crippen LogP contribution >= 0.6 is 0 Å². The highest BCUT2D eigenvalue weighted by atomic mass is 16.2. The van der Waals surface area contributed by atoms with Gasteiger partial charge in [0, 0.05) is 17.3 Å². The number of nitrogens with zero attached hydrogens (tertiary/aromatic N) is 2. The lowest BCUT2D eigenvalue weighted by Crippen LogP contribution is -2.13. The summed E-state index contributed by atoms with van der Waals surface area (Å²) in [5.41, 5.74) is 2.18. The van der Waals surface area contributed by atoms with Crippen LogP contribution < -0.4 is 5.32 Å². The molecule has 0 aliphatic carbocycles. The lowest BCUT2D eigenvalue weighted by Gasteiger charge is -2.05. The highest BCUT2D eigenvalue weighted by Crippen LogP contribution is 2.11. The van der Waals surface area contributed by atoms with Crippen LogP contribution in [0.1, 0.15) is 21.5 Å². The fourth-order valence-corrected chi connectivity index (χ4v) is 1.64. The van der Waals surface area contributed by atoms with E-state index in [1.54, 1.807) is 30.3 Å². The molecule has 0 aliphatic heterocycles. The third-order valence-corrected chi connectivity index (χ3v) is 2.60. The Kier molecular flexibility index (Phi) is 4.43. The van der Waals surface area contributed by atoms with Gasteiger partial charge in [0.25, 0.3) is 5.91 Å². The smallest absolute Gasteiger partial charge is 0.256 e. The second-order valence-corrected chi connectivity index (χ2v) is 4.05. The molecule has 0 spiro atoms. The van der Waals surface area contributed by atoms with E-state index in [1.165, 1.54) is 6.20 Å². The highest BCUT2D eigenvalue weighted by molar-refractivity contribution is 6.03. The van der Waals surface area contributed by atoms with Crippen LogP contribution in [0.3, 0.4) is 0 Å². The van der Waals surface area contributed by atoms with E-state index in [-0.39, 0.29) is 12.5 Å². The van der Waals surface area contributed by atoms with Crippen LogP contribution in [0.4, 0.5) is 5.82 Å². The fraction of sp³-hybridized carbons (Fsp3) is 0.133. The summed E-state index contributed by atoms with van der Waals surface area (Å²) in [6, 6.07) is 8.54. The molecule has 1 aromatic carbocycles. The Labute approximate surface area is 116 Å². The quantitative estimate of drug-likeness (QED) is 0.806. The molecule has 5 nitrogen and oxygen atoms in total. The molecule has 0 saturated carbocycles. The first kappa shape index (κ1) is 13.7. The standard InChI is InChI=1S/C15H13N3O2/c1-11-10-13(7-6-12(11)4-3-9-19)15(20)17-14-5-2-8-16-18-14/h2,5-8,10,19H,9H2,1H3,(H,17,18,20). The number of rotatable bonds is 2. The molecular formula is C15H13N3O2. The minimum atomic E-state index is -0.254. The van der Waals surface area contributed by atoms with Crippen molar-refractivity contribution in [3.05, 3.63) is 53.2 Å². The van der Waals surface area contributed by atoms with Crippen molar-refractivity contribution >= 4 is 11.7 Å². The minimum absolute atomic E-state index is 0.186. The summed E-state index contributed by atoms with van der Waals surface area (Å²) in [6.45, 7) is 1.68. The van der Waals surface area contributed by atoms with E-state index in [9.17, 15) is 4.79 Å². The molecule has 100 valence electrons. The normalized spacial score (nSPS) is 9.50. The highest BCUT2D eigenvalue weighted by Gasteiger charge is 2.08. The minimum Gasteiger partial charge on any atom is -0.384 e. The van der Waals surface area contributed by atoms with Crippen LogP contribution in [-0.2, 0) is 0 Å². The zero-order valence-corrected chi connectivity index (χ0v) is 10.9. The van der Waals surface area contributed by atoms with Crippen LogP contribution in [0.15, 0.2) is 36.5 Å².